The standard InChI is InChI=1S/C8H10N4Se/c9-5-6-7(10)11-8(13-6)12-3-1-2-4-12/h1-4,10H2. The molecule has 0 saturated carbocycles. The van der Waals surface area contributed by atoms with Gasteiger partial charge in [0, 0.05) is 0 Å². The third-order valence-electron chi connectivity index (χ3n) is 2.12. The Morgan fingerprint density at radius 1 is 1.46 bits per heavy atom. The predicted octanol–water partition coefficient (Wildman–Crippen LogP) is 0.193. The van der Waals surface area contributed by atoms with Crippen LogP contribution in [0.3, 0.4) is 0 Å². The van der Waals surface area contributed by atoms with Gasteiger partial charge in [-0.2, -0.15) is 0 Å². The van der Waals surface area contributed by atoms with Crippen molar-refractivity contribution in [2.75, 3.05) is 23.7 Å². The van der Waals surface area contributed by atoms with E-state index in [-0.39, 0.29) is 14.5 Å². The Labute approximate surface area is 82.7 Å². The van der Waals surface area contributed by atoms with Gasteiger partial charge in [0.2, 0.25) is 0 Å². The number of aromatic nitrogens is 1. The van der Waals surface area contributed by atoms with Crippen molar-refractivity contribution < 1.29 is 0 Å². The van der Waals surface area contributed by atoms with Gasteiger partial charge < -0.3 is 0 Å². The Balaban J connectivity index is 2.26. The van der Waals surface area contributed by atoms with Gasteiger partial charge in [-0.15, -0.1) is 0 Å². The average Bonchev–Trinajstić information content (AvgIpc) is 2.71. The number of nitrogens with zero attached hydrogens (tertiary/aromatic N) is 3. The quantitative estimate of drug-likeness (QED) is 0.713. The summed E-state index contributed by atoms with van der Waals surface area (Å²) in [6, 6.07) is 2.11. The first-order valence-electron chi connectivity index (χ1n) is 4.22. The van der Waals surface area contributed by atoms with Crippen LogP contribution < -0.4 is 10.6 Å². The summed E-state index contributed by atoms with van der Waals surface area (Å²) in [5.41, 5.74) is 5.61. The van der Waals surface area contributed by atoms with Crippen LogP contribution in [-0.2, 0) is 0 Å². The molecule has 1 aliphatic heterocycles. The first-order valence-corrected chi connectivity index (χ1v) is 5.94. The van der Waals surface area contributed by atoms with E-state index in [1.165, 1.54) is 12.8 Å². The van der Waals surface area contributed by atoms with Crippen molar-refractivity contribution in [1.82, 2.24) is 4.98 Å². The molecule has 5 heteroatoms. The van der Waals surface area contributed by atoms with E-state index in [2.05, 4.69) is 16.0 Å². The van der Waals surface area contributed by atoms with E-state index < -0.39 is 0 Å². The number of hydrogen-bond acceptors (Lipinski definition) is 4. The molecule has 13 heavy (non-hydrogen) atoms. The fourth-order valence-electron chi connectivity index (χ4n) is 1.44. The second-order valence-electron chi connectivity index (χ2n) is 3.02. The number of hydrogen-bond donors (Lipinski definition) is 1. The van der Waals surface area contributed by atoms with Crippen LogP contribution >= 0.6 is 0 Å². The molecule has 68 valence electrons. The monoisotopic (exact) mass is 242 g/mol. The van der Waals surface area contributed by atoms with Crippen molar-refractivity contribution in [3.63, 3.8) is 0 Å². The second kappa shape index (κ2) is 3.41. The Kier molecular flexibility index (Phi) is 2.26. The fraction of sp³-hybridized carbons (Fsp3) is 0.500. The number of nitrogen functional groups attached to an aromatic ring is 1. The van der Waals surface area contributed by atoms with E-state index in [4.69, 9.17) is 11.0 Å². The average molecular weight is 241 g/mol. The van der Waals surface area contributed by atoms with E-state index in [9.17, 15) is 0 Å². The predicted molar refractivity (Wildman–Crippen MR) is 51.8 cm³/mol. The zero-order valence-corrected chi connectivity index (χ0v) is 8.87. The van der Waals surface area contributed by atoms with E-state index >= 15 is 0 Å². The van der Waals surface area contributed by atoms with Gasteiger partial charge in [-0.1, -0.05) is 0 Å². The van der Waals surface area contributed by atoms with Crippen LogP contribution in [0.15, 0.2) is 0 Å². The van der Waals surface area contributed by atoms with Crippen molar-refractivity contribution in [3.8, 4) is 6.07 Å². The van der Waals surface area contributed by atoms with Gasteiger partial charge in [0.1, 0.15) is 0 Å². The second-order valence-corrected chi connectivity index (χ2v) is 5.07. The molecule has 1 aromatic heterocycles. The summed E-state index contributed by atoms with van der Waals surface area (Å²) in [5, 5.41) is 8.73. The summed E-state index contributed by atoms with van der Waals surface area (Å²) in [6.45, 7) is 2.15. The minimum absolute atomic E-state index is 0.0587. The van der Waals surface area contributed by atoms with Crippen LogP contribution in [0.2, 0.25) is 0 Å². The van der Waals surface area contributed by atoms with Crippen LogP contribution in [0.4, 0.5) is 10.5 Å². The van der Waals surface area contributed by atoms with Gasteiger partial charge in [0.25, 0.3) is 0 Å². The van der Waals surface area contributed by atoms with Crippen LogP contribution in [0.1, 0.15) is 17.3 Å². The number of nitrogens with two attached hydrogens (primary N) is 1. The van der Waals surface area contributed by atoms with Crippen molar-refractivity contribution in [2.45, 2.75) is 12.8 Å². The van der Waals surface area contributed by atoms with Crippen LogP contribution in [0.5, 0.6) is 0 Å². The zero-order chi connectivity index (χ0) is 9.26. The Morgan fingerprint density at radius 2 is 2.15 bits per heavy atom. The number of rotatable bonds is 1. The summed E-state index contributed by atoms with van der Waals surface area (Å²) < 4.78 is 1.72. The normalized spacial score (nSPS) is 16.1. The van der Waals surface area contributed by atoms with Gasteiger partial charge >= 0.3 is 82.3 Å². The number of nitriles is 1. The molecular formula is C8H10N4Se. The molecule has 1 aromatic rings. The number of anilines is 2. The summed E-state index contributed by atoms with van der Waals surface area (Å²) in [4.78, 5) is 6.48. The van der Waals surface area contributed by atoms with E-state index in [0.717, 1.165) is 17.8 Å². The van der Waals surface area contributed by atoms with Gasteiger partial charge in [0.05, 0.1) is 0 Å². The topological polar surface area (TPSA) is 65.9 Å². The zero-order valence-electron chi connectivity index (χ0n) is 7.16. The molecule has 0 spiro atoms. The molecule has 0 bridgehead atoms. The fourth-order valence-corrected chi connectivity index (χ4v) is 3.19. The third-order valence-corrected chi connectivity index (χ3v) is 4.30. The maximum absolute atomic E-state index is 8.73. The Morgan fingerprint density at radius 3 is 2.69 bits per heavy atom. The van der Waals surface area contributed by atoms with Gasteiger partial charge in [-0.05, 0) is 0 Å². The molecule has 0 atom stereocenters. The van der Waals surface area contributed by atoms with E-state index in [1.807, 2.05) is 0 Å². The van der Waals surface area contributed by atoms with Crippen molar-refractivity contribution >= 4 is 25.0 Å². The van der Waals surface area contributed by atoms with E-state index in [1.54, 1.807) is 0 Å². The first-order chi connectivity index (χ1) is 6.31. The summed E-state index contributed by atoms with van der Waals surface area (Å²) >= 11 is 0.0587. The molecule has 0 amide bonds. The van der Waals surface area contributed by atoms with Gasteiger partial charge in [-0.25, -0.2) is 0 Å². The molecule has 0 aromatic carbocycles. The molecule has 1 aliphatic rings. The van der Waals surface area contributed by atoms with Crippen LogP contribution in [-0.4, -0.2) is 32.6 Å². The third kappa shape index (κ3) is 1.55. The summed E-state index contributed by atoms with van der Waals surface area (Å²) in [7, 11) is 0. The Hall–Kier alpha value is -0.981. The van der Waals surface area contributed by atoms with Crippen molar-refractivity contribution in [3.05, 3.63) is 4.44 Å². The SMILES string of the molecule is N#Cc1[se]c(N2CCCC2)nc1N. The molecule has 2 heterocycles. The maximum atomic E-state index is 8.73. The van der Waals surface area contributed by atoms with Crippen LogP contribution in [0, 0.1) is 11.3 Å². The van der Waals surface area contributed by atoms with Crippen molar-refractivity contribution in [2.24, 2.45) is 0 Å². The minimum atomic E-state index is 0.0587. The molecule has 1 saturated heterocycles. The molecule has 2 rings (SSSR count). The summed E-state index contributed by atoms with van der Waals surface area (Å²) in [5.74, 6) is 0.435. The van der Waals surface area contributed by atoms with Crippen molar-refractivity contribution in [1.29, 1.82) is 5.26 Å². The summed E-state index contributed by atoms with van der Waals surface area (Å²) in [6.07, 6.45) is 2.47. The molecule has 4 nitrogen and oxygen atoms in total. The molecular weight excluding hydrogens is 231 g/mol. The molecule has 1 fully saturated rings. The van der Waals surface area contributed by atoms with Gasteiger partial charge in [-0.3, -0.25) is 0 Å². The molecule has 0 unspecified atom stereocenters. The van der Waals surface area contributed by atoms with Gasteiger partial charge in [0.15, 0.2) is 0 Å². The molecule has 0 aliphatic carbocycles. The Bertz CT molecular complexity index is 346. The van der Waals surface area contributed by atoms with Crippen LogP contribution in [0.25, 0.3) is 0 Å². The first kappa shape index (κ1) is 8.61. The molecule has 0 radical (unpaired) electrons. The van der Waals surface area contributed by atoms with E-state index in [0.29, 0.717) is 10.3 Å². The molecule has 2 N–H and O–H groups in total.